The Morgan fingerprint density at radius 3 is 2.59 bits per heavy atom. The number of benzene rings is 1. The van der Waals surface area contributed by atoms with Crippen molar-refractivity contribution in [1.29, 1.82) is 0 Å². The summed E-state index contributed by atoms with van der Waals surface area (Å²) in [7, 11) is 0. The van der Waals surface area contributed by atoms with E-state index in [2.05, 4.69) is 95.6 Å². The van der Waals surface area contributed by atoms with Gasteiger partial charge in [-0.1, -0.05) is 55.0 Å². The van der Waals surface area contributed by atoms with Gasteiger partial charge in [0.05, 0.1) is 0 Å². The normalized spacial score (nSPS) is 24.6. The number of allylic oxidation sites excluding steroid dienone is 10. The van der Waals surface area contributed by atoms with Crippen LogP contribution in [0.4, 0.5) is 5.69 Å². The van der Waals surface area contributed by atoms with Gasteiger partial charge in [0.2, 0.25) is 0 Å². The van der Waals surface area contributed by atoms with Gasteiger partial charge in [-0.15, -0.1) is 0 Å². The molecular formula is C29H33N3. The molecule has 2 unspecified atom stereocenters. The Morgan fingerprint density at radius 2 is 1.88 bits per heavy atom. The van der Waals surface area contributed by atoms with E-state index in [4.69, 9.17) is 0 Å². The van der Waals surface area contributed by atoms with Crippen molar-refractivity contribution in [2.24, 2.45) is 16.8 Å². The Balaban J connectivity index is 1.31. The van der Waals surface area contributed by atoms with E-state index in [9.17, 15) is 0 Å². The van der Waals surface area contributed by atoms with Crippen molar-refractivity contribution in [2.45, 2.75) is 51.9 Å². The molecule has 0 amide bonds. The first-order valence-corrected chi connectivity index (χ1v) is 12.1. The van der Waals surface area contributed by atoms with Crippen molar-refractivity contribution >= 4 is 11.9 Å². The minimum Gasteiger partial charge on any atom is -0.355 e. The largest absolute Gasteiger partial charge is 0.355 e. The zero-order chi connectivity index (χ0) is 21.8. The monoisotopic (exact) mass is 423 g/mol. The number of para-hydroxylation sites is 1. The van der Waals surface area contributed by atoms with Crippen LogP contribution in [-0.4, -0.2) is 6.21 Å². The minimum atomic E-state index is 0.437. The molecule has 0 spiro atoms. The quantitative estimate of drug-likeness (QED) is 0.508. The molecule has 0 saturated heterocycles. The second-order valence-electron chi connectivity index (χ2n) is 9.35. The Bertz CT molecular complexity index is 1060. The van der Waals surface area contributed by atoms with Crippen LogP contribution in [0.25, 0.3) is 0 Å². The van der Waals surface area contributed by atoms with Crippen LogP contribution in [0.15, 0.2) is 106 Å². The third-order valence-corrected chi connectivity index (χ3v) is 6.85. The molecule has 3 aliphatic carbocycles. The first kappa shape index (κ1) is 20.8. The van der Waals surface area contributed by atoms with Gasteiger partial charge in [-0.2, -0.15) is 0 Å². The number of nitrogens with one attached hydrogen (secondary N) is 2. The molecule has 0 bridgehead atoms. The standard InChI is InChI=1S/C29H33N3/c1-21-7-5-12-27(19-21)31-28-20-25(17-18-30-28)22-13-15-24(16-14-22)29(23-8-6-9-23)32-26-10-3-2-4-11-26/h2-5,7,10-13,15,18,20-21,25,31-32H,6,8-9,14,16-17,19H2,1H3. The van der Waals surface area contributed by atoms with Crippen molar-refractivity contribution in [2.75, 3.05) is 5.32 Å². The summed E-state index contributed by atoms with van der Waals surface area (Å²) in [5, 5.41) is 7.28. The Morgan fingerprint density at radius 1 is 1.00 bits per heavy atom. The Kier molecular flexibility index (Phi) is 6.24. The van der Waals surface area contributed by atoms with Crippen LogP contribution in [0.2, 0.25) is 0 Å². The molecule has 2 atom stereocenters. The molecule has 1 saturated carbocycles. The molecule has 0 aromatic heterocycles. The summed E-state index contributed by atoms with van der Waals surface area (Å²) in [6, 6.07) is 10.6. The van der Waals surface area contributed by atoms with Crippen LogP contribution in [0.5, 0.6) is 0 Å². The zero-order valence-corrected chi connectivity index (χ0v) is 19.0. The van der Waals surface area contributed by atoms with E-state index in [1.807, 2.05) is 0 Å². The maximum atomic E-state index is 4.63. The highest BCUT2D eigenvalue weighted by Crippen LogP contribution is 2.37. The summed E-state index contributed by atoms with van der Waals surface area (Å²) in [6.45, 7) is 2.25. The zero-order valence-electron chi connectivity index (χ0n) is 19.0. The number of rotatable bonds is 6. The number of hydrogen-bond donors (Lipinski definition) is 2. The molecule has 2 N–H and O–H groups in total. The number of nitrogens with zero attached hydrogens (tertiary/aromatic N) is 1. The summed E-state index contributed by atoms with van der Waals surface area (Å²) in [5.41, 5.74) is 8.35. The lowest BCUT2D eigenvalue weighted by molar-refractivity contribution is 0.647. The van der Waals surface area contributed by atoms with Crippen LogP contribution < -0.4 is 10.6 Å². The van der Waals surface area contributed by atoms with E-state index in [1.165, 1.54) is 47.5 Å². The fourth-order valence-electron chi connectivity index (χ4n) is 4.84. The summed E-state index contributed by atoms with van der Waals surface area (Å²) >= 11 is 0. The molecule has 1 aliphatic heterocycles. The van der Waals surface area contributed by atoms with Crippen molar-refractivity contribution in [1.82, 2.24) is 5.32 Å². The predicted octanol–water partition coefficient (Wildman–Crippen LogP) is 7.18. The predicted molar refractivity (Wildman–Crippen MR) is 135 cm³/mol. The van der Waals surface area contributed by atoms with Gasteiger partial charge >= 0.3 is 0 Å². The fraction of sp³-hybridized carbons (Fsp3) is 0.345. The van der Waals surface area contributed by atoms with Crippen LogP contribution in [-0.2, 0) is 0 Å². The third-order valence-electron chi connectivity index (χ3n) is 6.85. The van der Waals surface area contributed by atoms with Gasteiger partial charge < -0.3 is 10.6 Å². The Hall–Kier alpha value is -3.07. The van der Waals surface area contributed by atoms with Crippen LogP contribution >= 0.6 is 0 Å². The van der Waals surface area contributed by atoms with E-state index < -0.39 is 0 Å². The van der Waals surface area contributed by atoms with Crippen molar-refractivity contribution in [3.8, 4) is 0 Å². The minimum absolute atomic E-state index is 0.437. The van der Waals surface area contributed by atoms with Crippen LogP contribution in [0.3, 0.4) is 0 Å². The van der Waals surface area contributed by atoms with Crippen molar-refractivity contribution in [3.63, 3.8) is 0 Å². The molecule has 5 rings (SSSR count). The van der Waals surface area contributed by atoms with E-state index in [0.717, 1.165) is 31.5 Å². The third kappa shape index (κ3) is 4.88. The first-order chi connectivity index (χ1) is 15.7. The highest BCUT2D eigenvalue weighted by Gasteiger charge is 2.22. The molecule has 1 aromatic rings. The van der Waals surface area contributed by atoms with Gasteiger partial charge in [-0.25, -0.2) is 4.99 Å². The molecule has 1 fully saturated rings. The topological polar surface area (TPSA) is 36.4 Å². The lowest BCUT2D eigenvalue weighted by Gasteiger charge is -2.28. The lowest BCUT2D eigenvalue weighted by atomic mass is 9.82. The summed E-state index contributed by atoms with van der Waals surface area (Å²) in [5.74, 6) is 2.01. The van der Waals surface area contributed by atoms with Gasteiger partial charge in [-0.3, -0.25) is 0 Å². The van der Waals surface area contributed by atoms with E-state index in [0.29, 0.717) is 11.8 Å². The number of anilines is 1. The average Bonchev–Trinajstić information content (AvgIpc) is 2.79. The fourth-order valence-corrected chi connectivity index (χ4v) is 4.84. The van der Waals surface area contributed by atoms with Crippen molar-refractivity contribution in [3.05, 3.63) is 101 Å². The SMILES string of the molecule is CC1C=CC=C(NC2=CC(C3=CC=C(C(Nc4ccccc4)=C4CCC4)CC3)CC=N2)C1. The second-order valence-corrected chi connectivity index (χ2v) is 9.35. The molecule has 164 valence electrons. The molecule has 1 aromatic carbocycles. The molecule has 32 heavy (non-hydrogen) atoms. The van der Waals surface area contributed by atoms with Crippen LogP contribution in [0, 0.1) is 11.8 Å². The van der Waals surface area contributed by atoms with Crippen molar-refractivity contribution < 1.29 is 0 Å². The van der Waals surface area contributed by atoms with Gasteiger partial charge in [0, 0.05) is 29.2 Å². The van der Waals surface area contributed by atoms with E-state index >= 15 is 0 Å². The molecule has 3 heteroatoms. The molecular weight excluding hydrogens is 390 g/mol. The summed E-state index contributed by atoms with van der Waals surface area (Å²) in [6.07, 6.45) is 23.7. The van der Waals surface area contributed by atoms with Gasteiger partial charge in [-0.05, 0) is 86.3 Å². The Labute approximate surface area is 192 Å². The summed E-state index contributed by atoms with van der Waals surface area (Å²) in [4.78, 5) is 4.63. The maximum absolute atomic E-state index is 4.63. The van der Waals surface area contributed by atoms with Crippen LogP contribution in [0.1, 0.15) is 51.9 Å². The highest BCUT2D eigenvalue weighted by atomic mass is 15.0. The maximum Gasteiger partial charge on any atom is 0.126 e. The molecule has 0 radical (unpaired) electrons. The summed E-state index contributed by atoms with van der Waals surface area (Å²) < 4.78 is 0. The lowest BCUT2D eigenvalue weighted by Crippen LogP contribution is -2.19. The average molecular weight is 424 g/mol. The van der Waals surface area contributed by atoms with Gasteiger partial charge in [0.15, 0.2) is 0 Å². The highest BCUT2D eigenvalue weighted by molar-refractivity contribution is 5.63. The van der Waals surface area contributed by atoms with E-state index in [-0.39, 0.29) is 0 Å². The van der Waals surface area contributed by atoms with Gasteiger partial charge in [0.25, 0.3) is 0 Å². The number of hydrogen-bond acceptors (Lipinski definition) is 3. The number of aliphatic imine (C=N–C) groups is 1. The smallest absolute Gasteiger partial charge is 0.126 e. The molecule has 1 heterocycles. The van der Waals surface area contributed by atoms with E-state index in [1.54, 1.807) is 5.57 Å². The molecule has 3 nitrogen and oxygen atoms in total. The molecule has 4 aliphatic rings. The van der Waals surface area contributed by atoms with Gasteiger partial charge in [0.1, 0.15) is 5.82 Å². The first-order valence-electron chi connectivity index (χ1n) is 12.1. The second kappa shape index (κ2) is 9.60.